The van der Waals surface area contributed by atoms with Crippen molar-refractivity contribution in [3.8, 4) is 0 Å². The van der Waals surface area contributed by atoms with Gasteiger partial charge in [0, 0.05) is 22.8 Å². The smallest absolute Gasteiger partial charge is 0.137 e. The molecule has 0 saturated carbocycles. The summed E-state index contributed by atoms with van der Waals surface area (Å²) < 4.78 is 6.82. The molecule has 18 heavy (non-hydrogen) atoms. The van der Waals surface area contributed by atoms with Gasteiger partial charge in [-0.3, -0.25) is 0 Å². The van der Waals surface area contributed by atoms with Gasteiger partial charge in [-0.05, 0) is 24.4 Å². The van der Waals surface area contributed by atoms with Crippen LogP contribution < -0.4 is 4.90 Å². The number of aromatic nitrogens is 1. The lowest BCUT2D eigenvalue weighted by atomic mass is 10.2. The van der Waals surface area contributed by atoms with Gasteiger partial charge in [0.25, 0.3) is 0 Å². The molecule has 2 aromatic rings. The number of fused-ring (bicyclic) bond motifs is 1. The normalized spacial score (nSPS) is 24.7. The molecule has 0 aromatic carbocycles. The second kappa shape index (κ2) is 4.84. The maximum Gasteiger partial charge on any atom is 0.137 e. The summed E-state index contributed by atoms with van der Waals surface area (Å²) in [5.74, 6) is 1.00. The first-order valence-electron chi connectivity index (χ1n) is 6.11. The summed E-state index contributed by atoms with van der Waals surface area (Å²) in [5, 5.41) is 12.5. The largest absolute Gasteiger partial charge is 0.394 e. The third-order valence-corrected chi connectivity index (χ3v) is 4.22. The molecule has 1 aliphatic heterocycles. The molecule has 0 amide bonds. The van der Waals surface area contributed by atoms with Crippen LogP contribution in [0.3, 0.4) is 0 Å². The molecule has 5 heteroatoms. The Hall–Kier alpha value is -1.17. The van der Waals surface area contributed by atoms with Crippen molar-refractivity contribution in [3.05, 3.63) is 23.7 Å². The van der Waals surface area contributed by atoms with Crippen molar-refractivity contribution in [2.75, 3.05) is 24.7 Å². The van der Waals surface area contributed by atoms with E-state index in [1.807, 2.05) is 12.3 Å². The number of nitrogens with zero attached hydrogens (tertiary/aromatic N) is 2. The van der Waals surface area contributed by atoms with Crippen LogP contribution in [0.4, 0.5) is 5.82 Å². The highest BCUT2D eigenvalue weighted by Crippen LogP contribution is 2.30. The third-order valence-electron chi connectivity index (χ3n) is 3.34. The van der Waals surface area contributed by atoms with Crippen molar-refractivity contribution < 1.29 is 9.84 Å². The van der Waals surface area contributed by atoms with Crippen molar-refractivity contribution in [1.82, 2.24) is 4.98 Å². The maximum atomic E-state index is 9.25. The molecule has 2 aromatic heterocycles. The van der Waals surface area contributed by atoms with E-state index in [1.165, 1.54) is 10.1 Å². The van der Waals surface area contributed by atoms with E-state index in [2.05, 4.69) is 28.3 Å². The van der Waals surface area contributed by atoms with Crippen molar-refractivity contribution in [2.24, 2.45) is 0 Å². The number of ether oxygens (including phenoxy) is 1. The second-order valence-corrected chi connectivity index (χ2v) is 5.55. The lowest BCUT2D eigenvalue weighted by Gasteiger charge is -2.38. The van der Waals surface area contributed by atoms with Gasteiger partial charge in [-0.25, -0.2) is 4.98 Å². The fourth-order valence-electron chi connectivity index (χ4n) is 2.33. The molecule has 2 unspecified atom stereocenters. The molecule has 0 spiro atoms. The molecule has 0 aliphatic carbocycles. The van der Waals surface area contributed by atoms with Gasteiger partial charge in [0.15, 0.2) is 0 Å². The fourth-order valence-corrected chi connectivity index (χ4v) is 3.11. The van der Waals surface area contributed by atoms with Crippen molar-refractivity contribution in [3.63, 3.8) is 0 Å². The van der Waals surface area contributed by atoms with Crippen LogP contribution in [-0.4, -0.2) is 42.0 Å². The molecule has 0 bridgehead atoms. The molecule has 1 N–H and O–H groups in total. The zero-order valence-electron chi connectivity index (χ0n) is 10.2. The number of morpholine rings is 1. The lowest BCUT2D eigenvalue weighted by molar-refractivity contribution is -0.0104. The Balaban J connectivity index is 1.99. The second-order valence-electron chi connectivity index (χ2n) is 4.61. The lowest BCUT2D eigenvalue weighted by Crippen LogP contribution is -2.50. The predicted octanol–water partition coefficient (Wildman–Crippen LogP) is 1.88. The molecular weight excluding hydrogens is 248 g/mol. The summed E-state index contributed by atoms with van der Waals surface area (Å²) in [7, 11) is 0. The summed E-state index contributed by atoms with van der Waals surface area (Å²) in [6.07, 6.45) is 1.74. The highest BCUT2D eigenvalue weighted by Gasteiger charge is 2.27. The average molecular weight is 264 g/mol. The van der Waals surface area contributed by atoms with Crippen LogP contribution >= 0.6 is 11.3 Å². The van der Waals surface area contributed by atoms with Gasteiger partial charge >= 0.3 is 0 Å². The number of thiophene rings is 1. The summed E-state index contributed by atoms with van der Waals surface area (Å²) in [6.45, 7) is 3.51. The number of anilines is 1. The number of rotatable bonds is 2. The maximum absolute atomic E-state index is 9.25. The first kappa shape index (κ1) is 11.9. The third kappa shape index (κ3) is 1.98. The zero-order chi connectivity index (χ0) is 12.5. The monoisotopic (exact) mass is 264 g/mol. The van der Waals surface area contributed by atoms with Crippen LogP contribution in [0.1, 0.15) is 6.92 Å². The number of pyridine rings is 1. The highest BCUT2D eigenvalue weighted by atomic mass is 32.1. The molecule has 1 saturated heterocycles. The summed E-state index contributed by atoms with van der Waals surface area (Å²) in [6, 6.07) is 4.43. The van der Waals surface area contributed by atoms with Gasteiger partial charge in [0.1, 0.15) is 5.82 Å². The van der Waals surface area contributed by atoms with E-state index in [0.29, 0.717) is 13.2 Å². The van der Waals surface area contributed by atoms with Crippen molar-refractivity contribution in [1.29, 1.82) is 0 Å². The Bertz CT molecular complexity index is 543. The fraction of sp³-hybridized carbons (Fsp3) is 0.462. The summed E-state index contributed by atoms with van der Waals surface area (Å²) >= 11 is 1.73. The van der Waals surface area contributed by atoms with E-state index in [1.54, 1.807) is 11.3 Å². The molecule has 1 aliphatic rings. The molecular formula is C13H16N2O2S. The number of aliphatic hydroxyl groups is 1. The van der Waals surface area contributed by atoms with Gasteiger partial charge in [-0.2, -0.15) is 0 Å². The van der Waals surface area contributed by atoms with Gasteiger partial charge in [-0.15, -0.1) is 11.3 Å². The van der Waals surface area contributed by atoms with Gasteiger partial charge < -0.3 is 14.7 Å². The molecule has 96 valence electrons. The van der Waals surface area contributed by atoms with Gasteiger partial charge in [0.2, 0.25) is 0 Å². The Morgan fingerprint density at radius 1 is 1.56 bits per heavy atom. The minimum absolute atomic E-state index is 0.0584. The van der Waals surface area contributed by atoms with Crippen LogP contribution in [0.15, 0.2) is 23.7 Å². The molecule has 4 nitrogen and oxygen atoms in total. The van der Waals surface area contributed by atoms with E-state index in [-0.39, 0.29) is 18.8 Å². The predicted molar refractivity (Wildman–Crippen MR) is 73.3 cm³/mol. The first-order chi connectivity index (χ1) is 8.79. The quantitative estimate of drug-likeness (QED) is 0.899. The van der Waals surface area contributed by atoms with Crippen LogP contribution in [0, 0.1) is 0 Å². The Kier molecular flexibility index (Phi) is 3.20. The number of aliphatic hydroxyl groups excluding tert-OH is 1. The molecule has 1 fully saturated rings. The first-order valence-corrected chi connectivity index (χ1v) is 6.99. The number of hydrogen-bond donors (Lipinski definition) is 1. The van der Waals surface area contributed by atoms with E-state index in [4.69, 9.17) is 4.74 Å². The summed E-state index contributed by atoms with van der Waals surface area (Å²) in [5.41, 5.74) is 0. The molecule has 3 rings (SSSR count). The van der Waals surface area contributed by atoms with E-state index in [0.717, 1.165) is 5.82 Å². The van der Waals surface area contributed by atoms with Crippen LogP contribution in [-0.2, 0) is 4.74 Å². The van der Waals surface area contributed by atoms with E-state index >= 15 is 0 Å². The molecule has 0 radical (unpaired) electrons. The van der Waals surface area contributed by atoms with Gasteiger partial charge in [-0.1, -0.05) is 0 Å². The Labute approximate surface area is 110 Å². The topological polar surface area (TPSA) is 45.6 Å². The van der Waals surface area contributed by atoms with Gasteiger partial charge in [0.05, 0.1) is 25.4 Å². The van der Waals surface area contributed by atoms with E-state index < -0.39 is 0 Å². The average Bonchev–Trinajstić information content (AvgIpc) is 2.87. The highest BCUT2D eigenvalue weighted by molar-refractivity contribution is 7.17. The SMILES string of the molecule is CC1COC(CO)CN1c1nccc2sccc12. The van der Waals surface area contributed by atoms with E-state index in [9.17, 15) is 5.11 Å². The number of hydrogen-bond acceptors (Lipinski definition) is 5. The van der Waals surface area contributed by atoms with Crippen LogP contribution in [0.5, 0.6) is 0 Å². The molecule has 3 heterocycles. The Morgan fingerprint density at radius 2 is 2.44 bits per heavy atom. The minimum atomic E-state index is -0.114. The van der Waals surface area contributed by atoms with Crippen LogP contribution in [0.25, 0.3) is 10.1 Å². The minimum Gasteiger partial charge on any atom is -0.394 e. The van der Waals surface area contributed by atoms with Crippen LogP contribution in [0.2, 0.25) is 0 Å². The standard InChI is InChI=1S/C13H16N2O2S/c1-9-8-17-10(7-16)6-15(9)13-11-3-5-18-12(11)2-4-14-13/h2-5,9-10,16H,6-8H2,1H3. The zero-order valence-corrected chi connectivity index (χ0v) is 11.1. The van der Waals surface area contributed by atoms with Crippen molar-refractivity contribution in [2.45, 2.75) is 19.1 Å². The van der Waals surface area contributed by atoms with Crippen molar-refractivity contribution >= 4 is 27.2 Å². The summed E-state index contributed by atoms with van der Waals surface area (Å²) in [4.78, 5) is 6.75. The Morgan fingerprint density at radius 3 is 3.28 bits per heavy atom. The molecule has 2 atom stereocenters.